The minimum Gasteiger partial charge on any atom is -0.497 e. The van der Waals surface area contributed by atoms with Crippen molar-refractivity contribution in [2.45, 2.75) is 38.6 Å². The molecule has 2 aliphatic rings. The van der Waals surface area contributed by atoms with Crippen LogP contribution in [-0.2, 0) is 24.1 Å². The molecule has 0 spiro atoms. The SMILES string of the molecule is COC(=O)c1c(NC(=S)N2CCN(Cc3cccc(OC)c3)CC2)sc2c1CCCCC2. The molecule has 1 aliphatic carbocycles. The molecule has 0 radical (unpaired) electrons. The van der Waals surface area contributed by atoms with E-state index >= 15 is 0 Å². The Bertz CT molecular complexity index is 967. The number of carbonyl (C=O) groups excluding carboxylic acids is 1. The van der Waals surface area contributed by atoms with Gasteiger partial charge < -0.3 is 19.7 Å². The van der Waals surface area contributed by atoms with E-state index in [0.717, 1.165) is 68.3 Å². The van der Waals surface area contributed by atoms with E-state index in [9.17, 15) is 4.79 Å². The van der Waals surface area contributed by atoms with Crippen molar-refractivity contribution < 1.29 is 14.3 Å². The van der Waals surface area contributed by atoms with Gasteiger partial charge in [0.1, 0.15) is 10.8 Å². The van der Waals surface area contributed by atoms with E-state index < -0.39 is 0 Å². The van der Waals surface area contributed by atoms with E-state index in [0.29, 0.717) is 10.7 Å². The van der Waals surface area contributed by atoms with Crippen LogP contribution in [0, 0.1) is 0 Å². The molecule has 6 nitrogen and oxygen atoms in total. The maximum Gasteiger partial charge on any atom is 0.341 e. The van der Waals surface area contributed by atoms with Gasteiger partial charge in [-0.3, -0.25) is 4.90 Å². The Kier molecular flexibility index (Phi) is 7.65. The lowest BCUT2D eigenvalue weighted by atomic mass is 10.1. The van der Waals surface area contributed by atoms with Crippen molar-refractivity contribution in [2.75, 3.05) is 45.7 Å². The van der Waals surface area contributed by atoms with Gasteiger partial charge in [0.15, 0.2) is 5.11 Å². The molecule has 172 valence electrons. The summed E-state index contributed by atoms with van der Waals surface area (Å²) in [5.74, 6) is 0.625. The molecule has 1 fully saturated rings. The lowest BCUT2D eigenvalue weighted by Crippen LogP contribution is -2.49. The first-order valence-electron chi connectivity index (χ1n) is 11.2. The predicted octanol–water partition coefficient (Wildman–Crippen LogP) is 4.33. The number of thiocarbonyl (C=S) groups is 1. The Balaban J connectivity index is 1.38. The normalized spacial score (nSPS) is 16.8. The van der Waals surface area contributed by atoms with Gasteiger partial charge in [-0.25, -0.2) is 4.79 Å². The van der Waals surface area contributed by atoms with Gasteiger partial charge in [-0.1, -0.05) is 18.6 Å². The Labute approximate surface area is 199 Å². The lowest BCUT2D eigenvalue weighted by molar-refractivity contribution is 0.0601. The van der Waals surface area contributed by atoms with Crippen LogP contribution >= 0.6 is 23.6 Å². The first kappa shape index (κ1) is 23.0. The number of anilines is 1. The summed E-state index contributed by atoms with van der Waals surface area (Å²) in [5, 5.41) is 4.92. The van der Waals surface area contributed by atoms with Gasteiger partial charge in [0.05, 0.1) is 19.8 Å². The molecule has 0 amide bonds. The molecule has 1 aliphatic heterocycles. The number of hydrogen-bond acceptors (Lipinski definition) is 6. The Morgan fingerprint density at radius 1 is 1.12 bits per heavy atom. The number of methoxy groups -OCH3 is 2. The smallest absolute Gasteiger partial charge is 0.341 e. The third-order valence-corrected chi connectivity index (χ3v) is 7.80. The molecule has 0 atom stereocenters. The summed E-state index contributed by atoms with van der Waals surface area (Å²) in [7, 11) is 3.15. The highest BCUT2D eigenvalue weighted by Crippen LogP contribution is 2.38. The minimum absolute atomic E-state index is 0.266. The fraction of sp³-hybridized carbons (Fsp3) is 0.500. The van der Waals surface area contributed by atoms with Crippen molar-refractivity contribution in [1.82, 2.24) is 9.80 Å². The quantitative estimate of drug-likeness (QED) is 0.394. The van der Waals surface area contributed by atoms with E-state index in [1.54, 1.807) is 18.4 Å². The van der Waals surface area contributed by atoms with Crippen LogP contribution in [0.15, 0.2) is 24.3 Å². The number of rotatable bonds is 5. The number of fused-ring (bicyclic) bond motifs is 1. The molecule has 0 bridgehead atoms. The first-order chi connectivity index (χ1) is 15.6. The van der Waals surface area contributed by atoms with Crippen molar-refractivity contribution in [1.29, 1.82) is 0 Å². The summed E-state index contributed by atoms with van der Waals surface area (Å²) in [4.78, 5) is 18.5. The van der Waals surface area contributed by atoms with Crippen molar-refractivity contribution in [2.24, 2.45) is 0 Å². The lowest BCUT2D eigenvalue weighted by Gasteiger charge is -2.36. The highest BCUT2D eigenvalue weighted by Gasteiger charge is 2.27. The number of nitrogens with one attached hydrogen (secondary N) is 1. The average molecular weight is 474 g/mol. The molecule has 32 heavy (non-hydrogen) atoms. The van der Waals surface area contributed by atoms with Crippen molar-refractivity contribution in [3.8, 4) is 5.75 Å². The van der Waals surface area contributed by atoms with Gasteiger partial charge in [0.2, 0.25) is 0 Å². The van der Waals surface area contributed by atoms with E-state index in [1.165, 1.54) is 30.4 Å². The molecule has 0 saturated carbocycles. The number of hydrogen-bond donors (Lipinski definition) is 1. The van der Waals surface area contributed by atoms with Crippen LogP contribution in [0.3, 0.4) is 0 Å². The standard InChI is InChI=1S/C24H31N3O3S2/c1-29-18-8-6-7-17(15-18)16-26-11-13-27(14-12-26)24(31)25-22-21(23(28)30-2)19-9-4-3-5-10-20(19)32-22/h6-8,15H,3-5,9-14,16H2,1-2H3,(H,25,31). The Hall–Kier alpha value is -2.16. The van der Waals surface area contributed by atoms with Crippen LogP contribution in [0.4, 0.5) is 5.00 Å². The molecule has 2 aromatic rings. The number of piperazine rings is 1. The van der Waals surface area contributed by atoms with Gasteiger partial charge in [-0.2, -0.15) is 0 Å². The van der Waals surface area contributed by atoms with Crippen LogP contribution in [0.25, 0.3) is 0 Å². The second kappa shape index (κ2) is 10.6. The topological polar surface area (TPSA) is 54.0 Å². The van der Waals surface area contributed by atoms with E-state index in [4.69, 9.17) is 21.7 Å². The number of aryl methyl sites for hydroxylation is 1. The van der Waals surface area contributed by atoms with Gasteiger partial charge in [-0.05, 0) is 61.2 Å². The van der Waals surface area contributed by atoms with E-state index in [-0.39, 0.29) is 5.97 Å². The predicted molar refractivity (Wildman–Crippen MR) is 133 cm³/mol. The molecule has 1 saturated heterocycles. The van der Waals surface area contributed by atoms with Gasteiger partial charge in [-0.15, -0.1) is 11.3 Å². The van der Waals surface area contributed by atoms with E-state index in [2.05, 4.69) is 27.2 Å². The molecular formula is C24H31N3O3S2. The molecular weight excluding hydrogens is 442 g/mol. The second-order valence-electron chi connectivity index (χ2n) is 8.31. The monoisotopic (exact) mass is 473 g/mol. The summed E-state index contributed by atoms with van der Waals surface area (Å²) in [6.07, 6.45) is 5.47. The van der Waals surface area contributed by atoms with Crippen LogP contribution < -0.4 is 10.1 Å². The summed E-state index contributed by atoms with van der Waals surface area (Å²) < 4.78 is 10.4. The summed E-state index contributed by atoms with van der Waals surface area (Å²) in [6, 6.07) is 8.23. The number of thiophene rings is 1. The number of ether oxygens (including phenoxy) is 2. The van der Waals surface area contributed by atoms with Crippen LogP contribution in [-0.4, -0.2) is 61.3 Å². The summed E-state index contributed by atoms with van der Waals surface area (Å²) >= 11 is 7.41. The highest BCUT2D eigenvalue weighted by molar-refractivity contribution is 7.80. The van der Waals surface area contributed by atoms with Gasteiger partial charge in [0.25, 0.3) is 0 Å². The van der Waals surface area contributed by atoms with E-state index in [1.807, 2.05) is 12.1 Å². The molecule has 2 heterocycles. The number of nitrogens with zero attached hydrogens (tertiary/aromatic N) is 2. The van der Waals surface area contributed by atoms with Gasteiger partial charge in [0, 0.05) is 37.6 Å². The fourth-order valence-corrected chi connectivity index (χ4v) is 6.09. The third kappa shape index (κ3) is 5.24. The maximum absolute atomic E-state index is 12.6. The average Bonchev–Trinajstić information content (AvgIpc) is 2.99. The minimum atomic E-state index is -0.266. The van der Waals surface area contributed by atoms with Crippen LogP contribution in [0.1, 0.15) is 45.6 Å². The molecule has 0 unspecified atom stereocenters. The molecule has 1 aromatic carbocycles. The number of esters is 1. The van der Waals surface area contributed by atoms with Gasteiger partial charge >= 0.3 is 5.97 Å². The first-order valence-corrected chi connectivity index (χ1v) is 12.5. The number of carbonyl (C=O) groups is 1. The zero-order valence-electron chi connectivity index (χ0n) is 18.8. The maximum atomic E-state index is 12.6. The highest BCUT2D eigenvalue weighted by atomic mass is 32.1. The molecule has 4 rings (SSSR count). The molecule has 1 aromatic heterocycles. The van der Waals surface area contributed by atoms with Crippen LogP contribution in [0.2, 0.25) is 0 Å². The second-order valence-corrected chi connectivity index (χ2v) is 9.80. The number of benzene rings is 1. The summed E-state index contributed by atoms with van der Waals surface area (Å²) in [5.41, 5.74) is 3.10. The Morgan fingerprint density at radius 3 is 2.66 bits per heavy atom. The summed E-state index contributed by atoms with van der Waals surface area (Å²) in [6.45, 7) is 4.48. The Morgan fingerprint density at radius 2 is 1.91 bits per heavy atom. The van der Waals surface area contributed by atoms with Crippen LogP contribution in [0.5, 0.6) is 5.75 Å². The zero-order chi connectivity index (χ0) is 22.5. The fourth-order valence-electron chi connectivity index (χ4n) is 4.46. The van der Waals surface area contributed by atoms with Crippen molar-refractivity contribution in [3.63, 3.8) is 0 Å². The van der Waals surface area contributed by atoms with Crippen molar-refractivity contribution in [3.05, 3.63) is 45.8 Å². The molecule has 8 heteroatoms. The largest absolute Gasteiger partial charge is 0.497 e. The zero-order valence-corrected chi connectivity index (χ0v) is 20.4. The van der Waals surface area contributed by atoms with Crippen molar-refractivity contribution >= 4 is 39.6 Å². The molecule has 1 N–H and O–H groups in total. The third-order valence-electron chi connectivity index (χ3n) is 6.23.